The Bertz CT molecular complexity index is 462. The molecule has 3 nitrogen and oxygen atoms in total. The molecule has 4 rings (SSSR count). The Morgan fingerprint density at radius 1 is 0.900 bits per heavy atom. The molecule has 3 heteroatoms. The van der Waals surface area contributed by atoms with Crippen molar-refractivity contribution < 1.29 is 14.5 Å². The molecule has 1 unspecified atom stereocenters. The topological polar surface area (TPSA) is 27.7 Å². The van der Waals surface area contributed by atoms with Crippen molar-refractivity contribution in [3.05, 3.63) is 35.9 Å². The van der Waals surface area contributed by atoms with Crippen LogP contribution in [0, 0.1) is 5.92 Å². The number of hydrogen-bond donors (Lipinski definition) is 0. The summed E-state index contributed by atoms with van der Waals surface area (Å²) in [5, 5.41) is 0. The molecule has 108 valence electrons. The van der Waals surface area contributed by atoms with Gasteiger partial charge < -0.3 is 4.74 Å². The number of rotatable bonds is 2. The van der Waals surface area contributed by atoms with E-state index in [1.165, 1.54) is 31.2 Å². The molecule has 1 atom stereocenters. The fourth-order valence-electron chi connectivity index (χ4n) is 3.72. The van der Waals surface area contributed by atoms with Gasteiger partial charge in [0.15, 0.2) is 0 Å². The second-order valence-corrected chi connectivity index (χ2v) is 6.41. The number of hydrogen-bond acceptors (Lipinski definition) is 3. The normalized spacial score (nSPS) is 33.2. The Kier molecular flexibility index (Phi) is 3.09. The molecule has 0 aromatic heterocycles. The molecule has 1 saturated heterocycles. The molecule has 20 heavy (non-hydrogen) atoms. The van der Waals surface area contributed by atoms with Gasteiger partial charge in [-0.05, 0) is 37.2 Å². The predicted octanol–water partition coefficient (Wildman–Crippen LogP) is 3.93. The van der Waals surface area contributed by atoms with Crippen LogP contribution >= 0.6 is 0 Å². The van der Waals surface area contributed by atoms with Crippen LogP contribution in [0.1, 0.15) is 50.5 Å². The SMILES string of the molecule is c1ccc(C2(C3CC3)CCOC3(CCCC3)OO2)cc1. The largest absolute Gasteiger partial charge is 0.347 e. The first kappa shape index (κ1) is 12.8. The van der Waals surface area contributed by atoms with Crippen molar-refractivity contribution in [2.24, 2.45) is 5.92 Å². The van der Waals surface area contributed by atoms with Crippen molar-refractivity contribution in [2.75, 3.05) is 6.61 Å². The van der Waals surface area contributed by atoms with Gasteiger partial charge in [-0.3, -0.25) is 0 Å². The lowest BCUT2D eigenvalue weighted by molar-refractivity contribution is -0.454. The molecular weight excluding hydrogens is 252 g/mol. The molecule has 1 aromatic rings. The average Bonchev–Trinajstić information content (AvgIpc) is 3.26. The molecule has 0 radical (unpaired) electrons. The number of ether oxygens (including phenoxy) is 1. The minimum atomic E-state index is -0.467. The van der Waals surface area contributed by atoms with Crippen molar-refractivity contribution in [1.29, 1.82) is 0 Å². The van der Waals surface area contributed by atoms with Crippen LogP contribution in [0.4, 0.5) is 0 Å². The van der Waals surface area contributed by atoms with Gasteiger partial charge in [0.25, 0.3) is 0 Å². The first-order chi connectivity index (χ1) is 9.83. The van der Waals surface area contributed by atoms with E-state index in [-0.39, 0.29) is 5.60 Å². The molecule has 0 bridgehead atoms. The smallest absolute Gasteiger partial charge is 0.201 e. The summed E-state index contributed by atoms with van der Waals surface area (Å²) >= 11 is 0. The third-order valence-corrected chi connectivity index (χ3v) is 5.05. The fourth-order valence-corrected chi connectivity index (χ4v) is 3.72. The van der Waals surface area contributed by atoms with Gasteiger partial charge in [-0.25, -0.2) is 9.78 Å². The molecule has 1 heterocycles. The van der Waals surface area contributed by atoms with Crippen LogP contribution in [0.2, 0.25) is 0 Å². The fraction of sp³-hybridized carbons (Fsp3) is 0.647. The van der Waals surface area contributed by atoms with E-state index < -0.39 is 5.79 Å². The monoisotopic (exact) mass is 274 g/mol. The molecular formula is C17H22O3. The molecule has 1 spiro atoms. The van der Waals surface area contributed by atoms with Crippen LogP contribution in [0.25, 0.3) is 0 Å². The molecule has 2 aliphatic carbocycles. The number of benzene rings is 1. The first-order valence-corrected chi connectivity index (χ1v) is 7.89. The van der Waals surface area contributed by atoms with Gasteiger partial charge in [0.05, 0.1) is 6.61 Å². The van der Waals surface area contributed by atoms with E-state index in [2.05, 4.69) is 30.3 Å². The second kappa shape index (κ2) is 4.83. The second-order valence-electron chi connectivity index (χ2n) is 6.41. The Hall–Kier alpha value is -0.900. The molecule has 3 aliphatic rings. The van der Waals surface area contributed by atoms with Crippen LogP contribution < -0.4 is 0 Å². The average molecular weight is 274 g/mol. The Morgan fingerprint density at radius 3 is 2.35 bits per heavy atom. The summed E-state index contributed by atoms with van der Waals surface area (Å²) in [5.74, 6) is 0.107. The molecule has 0 amide bonds. The van der Waals surface area contributed by atoms with Gasteiger partial charge in [0.1, 0.15) is 5.60 Å². The van der Waals surface area contributed by atoms with E-state index in [0.717, 1.165) is 25.9 Å². The zero-order valence-corrected chi connectivity index (χ0v) is 11.8. The van der Waals surface area contributed by atoms with E-state index >= 15 is 0 Å². The zero-order chi connectivity index (χ0) is 13.5. The Balaban J connectivity index is 1.63. The predicted molar refractivity (Wildman–Crippen MR) is 74.8 cm³/mol. The van der Waals surface area contributed by atoms with Crippen molar-refractivity contribution in [2.45, 2.75) is 56.3 Å². The minimum absolute atomic E-state index is 0.298. The van der Waals surface area contributed by atoms with Crippen LogP contribution in [0.3, 0.4) is 0 Å². The van der Waals surface area contributed by atoms with Gasteiger partial charge >= 0.3 is 0 Å². The Labute approximate surface area is 120 Å². The van der Waals surface area contributed by atoms with Gasteiger partial charge in [-0.2, -0.15) is 0 Å². The summed E-state index contributed by atoms with van der Waals surface area (Å²) in [4.78, 5) is 12.0. The summed E-state index contributed by atoms with van der Waals surface area (Å²) in [7, 11) is 0. The maximum Gasteiger partial charge on any atom is 0.201 e. The van der Waals surface area contributed by atoms with Crippen molar-refractivity contribution in [3.8, 4) is 0 Å². The quantitative estimate of drug-likeness (QED) is 0.765. The summed E-state index contributed by atoms with van der Waals surface area (Å²) in [6.07, 6.45) is 7.61. The standard InChI is InChI=1S/C17H22O3/c1-2-6-14(7-3-1)17(15-8-9-15)12-13-18-16(19-20-17)10-4-5-11-16/h1-3,6-7,15H,4-5,8-13H2. The van der Waals surface area contributed by atoms with Gasteiger partial charge in [-0.1, -0.05) is 30.3 Å². The molecule has 1 aliphatic heterocycles. The lowest BCUT2D eigenvalue weighted by atomic mass is 9.86. The van der Waals surface area contributed by atoms with E-state index in [1.807, 2.05) is 0 Å². The van der Waals surface area contributed by atoms with Gasteiger partial charge in [0.2, 0.25) is 5.79 Å². The Morgan fingerprint density at radius 2 is 1.65 bits per heavy atom. The van der Waals surface area contributed by atoms with Crippen molar-refractivity contribution >= 4 is 0 Å². The summed E-state index contributed by atoms with van der Waals surface area (Å²) in [6, 6.07) is 10.5. The maximum absolute atomic E-state index is 6.11. The highest BCUT2D eigenvalue weighted by molar-refractivity contribution is 5.25. The summed E-state index contributed by atoms with van der Waals surface area (Å²) in [6.45, 7) is 0.728. The lowest BCUT2D eigenvalue weighted by Gasteiger charge is -2.32. The molecule has 0 N–H and O–H groups in total. The van der Waals surface area contributed by atoms with E-state index in [4.69, 9.17) is 14.5 Å². The van der Waals surface area contributed by atoms with E-state index in [0.29, 0.717) is 5.92 Å². The van der Waals surface area contributed by atoms with Gasteiger partial charge in [0, 0.05) is 19.3 Å². The zero-order valence-electron chi connectivity index (χ0n) is 11.8. The highest BCUT2D eigenvalue weighted by Gasteiger charge is 2.53. The third-order valence-electron chi connectivity index (χ3n) is 5.05. The van der Waals surface area contributed by atoms with Crippen molar-refractivity contribution in [3.63, 3.8) is 0 Å². The molecule has 3 fully saturated rings. The van der Waals surface area contributed by atoms with Crippen LogP contribution in [-0.4, -0.2) is 12.4 Å². The van der Waals surface area contributed by atoms with E-state index in [9.17, 15) is 0 Å². The van der Waals surface area contributed by atoms with Crippen LogP contribution in [-0.2, 0) is 20.1 Å². The summed E-state index contributed by atoms with van der Waals surface area (Å²) in [5.41, 5.74) is 0.939. The first-order valence-electron chi connectivity index (χ1n) is 7.89. The summed E-state index contributed by atoms with van der Waals surface area (Å²) < 4.78 is 6.06. The third kappa shape index (κ3) is 2.09. The highest BCUT2D eigenvalue weighted by atomic mass is 17.2. The minimum Gasteiger partial charge on any atom is -0.347 e. The highest BCUT2D eigenvalue weighted by Crippen LogP contribution is 2.53. The molecule has 2 saturated carbocycles. The lowest BCUT2D eigenvalue weighted by Crippen LogP contribution is -2.35. The van der Waals surface area contributed by atoms with Crippen LogP contribution in [0.15, 0.2) is 30.3 Å². The molecule has 1 aromatic carbocycles. The maximum atomic E-state index is 6.11. The van der Waals surface area contributed by atoms with Gasteiger partial charge in [-0.15, -0.1) is 0 Å². The van der Waals surface area contributed by atoms with E-state index in [1.54, 1.807) is 0 Å². The van der Waals surface area contributed by atoms with Crippen LogP contribution in [0.5, 0.6) is 0 Å². The van der Waals surface area contributed by atoms with Crippen molar-refractivity contribution in [1.82, 2.24) is 0 Å².